The smallest absolute Gasteiger partial charge is 0.379 e. The van der Waals surface area contributed by atoms with E-state index in [1.165, 1.54) is 24.5 Å². The fraction of sp³-hybridized carbons (Fsp3) is 0.444. The number of pyridine rings is 1. The largest absolute Gasteiger partial charge is 0.402 e. The molecule has 1 aliphatic rings. The van der Waals surface area contributed by atoms with Gasteiger partial charge in [-0.1, -0.05) is 0 Å². The third kappa shape index (κ3) is 1.19. The highest BCUT2D eigenvalue weighted by Gasteiger charge is 2.60. The minimum Gasteiger partial charge on any atom is -0.379 e. The molecule has 0 saturated carbocycles. The first kappa shape index (κ1) is 9.45. The van der Waals surface area contributed by atoms with Crippen molar-refractivity contribution in [1.82, 2.24) is 4.98 Å². The minimum absolute atomic E-state index is 0.228. The molecule has 0 unspecified atom stereocenters. The summed E-state index contributed by atoms with van der Waals surface area (Å²) in [6.45, 7) is -0.582. The van der Waals surface area contributed by atoms with E-state index < -0.39 is 11.6 Å². The molecule has 76 valence electrons. The Hall–Kier alpha value is -1.10. The van der Waals surface area contributed by atoms with E-state index in [0.29, 0.717) is 0 Å². The quantitative estimate of drug-likeness (QED) is 0.695. The average molecular weight is 203 g/mol. The SMILES string of the molecule is FC(F)(F)C1(c2ccncc2)COC1. The Morgan fingerprint density at radius 1 is 1.21 bits per heavy atom. The summed E-state index contributed by atoms with van der Waals surface area (Å²) >= 11 is 0. The van der Waals surface area contributed by atoms with Gasteiger partial charge in [-0.15, -0.1) is 0 Å². The molecular formula is C9H8F3NO. The van der Waals surface area contributed by atoms with Crippen molar-refractivity contribution in [1.29, 1.82) is 0 Å². The summed E-state index contributed by atoms with van der Waals surface area (Å²) in [5.41, 5.74) is -1.58. The Balaban J connectivity index is 2.39. The number of halogens is 3. The van der Waals surface area contributed by atoms with Crippen LogP contribution in [0.2, 0.25) is 0 Å². The Morgan fingerprint density at radius 3 is 2.14 bits per heavy atom. The zero-order valence-electron chi connectivity index (χ0n) is 7.21. The Labute approximate surface area is 78.7 Å². The van der Waals surface area contributed by atoms with E-state index in [4.69, 9.17) is 0 Å². The Bertz CT molecular complexity index is 319. The first-order valence-corrected chi connectivity index (χ1v) is 4.11. The van der Waals surface area contributed by atoms with Crippen LogP contribution in [0.5, 0.6) is 0 Å². The second kappa shape index (κ2) is 2.95. The van der Waals surface area contributed by atoms with Crippen LogP contribution < -0.4 is 0 Å². The summed E-state index contributed by atoms with van der Waals surface area (Å²) < 4.78 is 42.9. The van der Waals surface area contributed by atoms with E-state index in [1.807, 2.05) is 0 Å². The fourth-order valence-electron chi connectivity index (χ4n) is 1.47. The molecule has 2 nitrogen and oxygen atoms in total. The van der Waals surface area contributed by atoms with Crippen LogP contribution in [-0.4, -0.2) is 24.4 Å². The van der Waals surface area contributed by atoms with Crippen molar-refractivity contribution in [2.24, 2.45) is 0 Å². The molecule has 2 heterocycles. The van der Waals surface area contributed by atoms with Crippen molar-refractivity contribution in [2.45, 2.75) is 11.6 Å². The maximum Gasteiger partial charge on any atom is 0.402 e. The lowest BCUT2D eigenvalue weighted by Crippen LogP contribution is -2.57. The van der Waals surface area contributed by atoms with Gasteiger partial charge in [-0.3, -0.25) is 4.98 Å². The molecule has 1 aromatic heterocycles. The first-order valence-electron chi connectivity index (χ1n) is 4.11. The van der Waals surface area contributed by atoms with Crippen LogP contribution in [-0.2, 0) is 10.2 Å². The molecule has 1 saturated heterocycles. The summed E-state index contributed by atoms with van der Waals surface area (Å²) in [6.07, 6.45) is -1.53. The van der Waals surface area contributed by atoms with Gasteiger partial charge in [0.1, 0.15) is 5.41 Å². The van der Waals surface area contributed by atoms with Gasteiger partial charge in [-0.25, -0.2) is 0 Å². The number of nitrogens with zero attached hydrogens (tertiary/aromatic N) is 1. The predicted octanol–water partition coefficient (Wildman–Crippen LogP) is 1.91. The van der Waals surface area contributed by atoms with Crippen molar-refractivity contribution in [3.05, 3.63) is 30.1 Å². The van der Waals surface area contributed by atoms with E-state index in [-0.39, 0.29) is 18.8 Å². The number of hydrogen-bond donors (Lipinski definition) is 0. The third-order valence-corrected chi connectivity index (χ3v) is 2.47. The molecule has 0 aromatic carbocycles. The predicted molar refractivity (Wildman–Crippen MR) is 42.8 cm³/mol. The Morgan fingerprint density at radius 2 is 1.79 bits per heavy atom. The molecular weight excluding hydrogens is 195 g/mol. The maximum absolute atomic E-state index is 12.7. The normalized spacial score (nSPS) is 20.2. The second-order valence-corrected chi connectivity index (χ2v) is 3.31. The van der Waals surface area contributed by atoms with E-state index in [2.05, 4.69) is 9.72 Å². The van der Waals surface area contributed by atoms with E-state index >= 15 is 0 Å². The molecule has 0 atom stereocenters. The average Bonchev–Trinajstić information content (AvgIpc) is 2.01. The maximum atomic E-state index is 12.7. The molecule has 0 bridgehead atoms. The summed E-state index contributed by atoms with van der Waals surface area (Å²) in [4.78, 5) is 3.69. The summed E-state index contributed by atoms with van der Waals surface area (Å²) in [7, 11) is 0. The highest BCUT2D eigenvalue weighted by molar-refractivity contribution is 5.28. The molecule has 0 radical (unpaired) electrons. The first-order chi connectivity index (χ1) is 6.56. The van der Waals surface area contributed by atoms with Crippen molar-refractivity contribution >= 4 is 0 Å². The lowest BCUT2D eigenvalue weighted by molar-refractivity contribution is -0.262. The van der Waals surface area contributed by atoms with E-state index in [1.54, 1.807) is 0 Å². The number of rotatable bonds is 1. The number of hydrogen-bond acceptors (Lipinski definition) is 2. The molecule has 5 heteroatoms. The van der Waals surface area contributed by atoms with Gasteiger partial charge in [-0.05, 0) is 17.7 Å². The van der Waals surface area contributed by atoms with Gasteiger partial charge in [0.25, 0.3) is 0 Å². The number of alkyl halides is 3. The standard InChI is InChI=1S/C9H8F3NO/c10-9(11,12)8(5-14-6-8)7-1-3-13-4-2-7/h1-4H,5-6H2. The van der Waals surface area contributed by atoms with Crippen LogP contribution in [0, 0.1) is 0 Å². The van der Waals surface area contributed by atoms with Crippen LogP contribution in [0.25, 0.3) is 0 Å². The van der Waals surface area contributed by atoms with Crippen LogP contribution >= 0.6 is 0 Å². The summed E-state index contributed by atoms with van der Waals surface area (Å²) in [5.74, 6) is 0. The number of aromatic nitrogens is 1. The van der Waals surface area contributed by atoms with Gasteiger partial charge >= 0.3 is 6.18 Å². The fourth-order valence-corrected chi connectivity index (χ4v) is 1.47. The number of ether oxygens (including phenoxy) is 1. The van der Waals surface area contributed by atoms with Crippen molar-refractivity contribution in [2.75, 3.05) is 13.2 Å². The topological polar surface area (TPSA) is 22.1 Å². The van der Waals surface area contributed by atoms with Crippen LogP contribution in [0.1, 0.15) is 5.56 Å². The van der Waals surface area contributed by atoms with Gasteiger partial charge in [0.15, 0.2) is 0 Å². The van der Waals surface area contributed by atoms with Gasteiger partial charge in [0.2, 0.25) is 0 Å². The summed E-state index contributed by atoms with van der Waals surface area (Å²) in [5, 5.41) is 0. The van der Waals surface area contributed by atoms with Crippen molar-refractivity contribution in [3.8, 4) is 0 Å². The molecule has 0 N–H and O–H groups in total. The molecule has 0 aliphatic carbocycles. The molecule has 14 heavy (non-hydrogen) atoms. The minimum atomic E-state index is -4.26. The highest BCUT2D eigenvalue weighted by atomic mass is 19.4. The lowest BCUT2D eigenvalue weighted by atomic mass is 9.78. The second-order valence-electron chi connectivity index (χ2n) is 3.31. The molecule has 1 fully saturated rings. The lowest BCUT2D eigenvalue weighted by Gasteiger charge is -2.42. The van der Waals surface area contributed by atoms with Crippen molar-refractivity contribution < 1.29 is 17.9 Å². The zero-order valence-corrected chi connectivity index (χ0v) is 7.21. The van der Waals surface area contributed by atoms with Gasteiger partial charge in [0, 0.05) is 12.4 Å². The third-order valence-electron chi connectivity index (χ3n) is 2.47. The monoisotopic (exact) mass is 203 g/mol. The van der Waals surface area contributed by atoms with E-state index in [9.17, 15) is 13.2 Å². The summed E-state index contributed by atoms with van der Waals surface area (Å²) in [6, 6.07) is 2.77. The van der Waals surface area contributed by atoms with Gasteiger partial charge < -0.3 is 4.74 Å². The van der Waals surface area contributed by atoms with Crippen LogP contribution in [0.15, 0.2) is 24.5 Å². The zero-order chi connectivity index (χ0) is 10.2. The van der Waals surface area contributed by atoms with Crippen LogP contribution in [0.4, 0.5) is 13.2 Å². The molecule has 2 rings (SSSR count). The van der Waals surface area contributed by atoms with Gasteiger partial charge in [-0.2, -0.15) is 13.2 Å². The van der Waals surface area contributed by atoms with E-state index in [0.717, 1.165) is 0 Å². The highest BCUT2D eigenvalue weighted by Crippen LogP contribution is 2.46. The van der Waals surface area contributed by atoms with Crippen molar-refractivity contribution in [3.63, 3.8) is 0 Å². The van der Waals surface area contributed by atoms with Crippen LogP contribution in [0.3, 0.4) is 0 Å². The molecule has 1 aliphatic heterocycles. The van der Waals surface area contributed by atoms with Gasteiger partial charge in [0.05, 0.1) is 13.2 Å². The molecule has 0 spiro atoms. The molecule has 0 amide bonds. The molecule has 1 aromatic rings. The Kier molecular flexibility index (Phi) is 1.99.